The van der Waals surface area contributed by atoms with Gasteiger partial charge in [0.2, 0.25) is 0 Å². The van der Waals surface area contributed by atoms with Crippen molar-refractivity contribution in [3.8, 4) is 0 Å². The minimum absolute atomic E-state index is 0.0676. The summed E-state index contributed by atoms with van der Waals surface area (Å²) >= 11 is 11.5. The summed E-state index contributed by atoms with van der Waals surface area (Å²) in [6.45, 7) is 2.25. The third-order valence-corrected chi connectivity index (χ3v) is 3.54. The molecule has 110 valence electrons. The fourth-order valence-electron chi connectivity index (χ4n) is 1.93. The van der Waals surface area contributed by atoms with Gasteiger partial charge in [-0.15, -0.1) is 0 Å². The molecule has 1 N–H and O–H groups in total. The second kappa shape index (κ2) is 6.87. The van der Waals surface area contributed by atoms with Gasteiger partial charge in [0, 0.05) is 6.54 Å². The Bertz CT molecular complexity index is 677. The maximum Gasteiger partial charge on any atom is 0.254 e. The van der Waals surface area contributed by atoms with Crippen molar-refractivity contribution in [1.29, 1.82) is 0 Å². The number of amides is 1. The molecule has 2 aromatic rings. The number of aromatic nitrogens is 1. The first kappa shape index (κ1) is 15.7. The smallest absolute Gasteiger partial charge is 0.254 e. The molecule has 0 fully saturated rings. The lowest BCUT2D eigenvalue weighted by molar-refractivity contribution is 0.0954. The Morgan fingerprint density at radius 1 is 1.29 bits per heavy atom. The van der Waals surface area contributed by atoms with Crippen molar-refractivity contribution in [2.24, 2.45) is 0 Å². The topological polar surface area (TPSA) is 42.0 Å². The van der Waals surface area contributed by atoms with E-state index in [0.717, 1.165) is 11.1 Å². The van der Waals surface area contributed by atoms with E-state index >= 15 is 0 Å². The maximum atomic E-state index is 13.0. The van der Waals surface area contributed by atoms with Crippen LogP contribution in [0.5, 0.6) is 0 Å². The average Bonchev–Trinajstić information content (AvgIpc) is 2.41. The van der Waals surface area contributed by atoms with E-state index in [4.69, 9.17) is 23.2 Å². The molecule has 0 saturated heterocycles. The van der Waals surface area contributed by atoms with Gasteiger partial charge in [-0.3, -0.25) is 4.79 Å². The van der Waals surface area contributed by atoms with E-state index in [0.29, 0.717) is 13.0 Å². The quantitative estimate of drug-likeness (QED) is 0.868. The Balaban J connectivity index is 1.95. The van der Waals surface area contributed by atoms with Crippen molar-refractivity contribution in [2.75, 3.05) is 6.54 Å². The summed E-state index contributed by atoms with van der Waals surface area (Å²) in [5, 5.41) is 3.05. The molecule has 0 atom stereocenters. The molecule has 0 aliphatic rings. The number of pyridine rings is 1. The number of hydrogen-bond acceptors (Lipinski definition) is 2. The van der Waals surface area contributed by atoms with Crippen molar-refractivity contribution in [1.82, 2.24) is 10.3 Å². The van der Waals surface area contributed by atoms with Crippen LogP contribution in [0.25, 0.3) is 0 Å². The number of carbonyl (C=O) groups is 1. The maximum absolute atomic E-state index is 13.0. The Hall–Kier alpha value is -1.65. The number of nitrogens with one attached hydrogen (secondary N) is 1. The molecule has 21 heavy (non-hydrogen) atoms. The minimum Gasteiger partial charge on any atom is -0.352 e. The van der Waals surface area contributed by atoms with Gasteiger partial charge in [0.25, 0.3) is 5.91 Å². The molecule has 0 saturated carbocycles. The highest BCUT2D eigenvalue weighted by Gasteiger charge is 2.11. The molecule has 3 nitrogen and oxygen atoms in total. The molecule has 0 spiro atoms. The van der Waals surface area contributed by atoms with Crippen LogP contribution >= 0.6 is 23.2 Å². The lowest BCUT2D eigenvalue weighted by atomic mass is 10.1. The zero-order chi connectivity index (χ0) is 15.4. The standard InChI is InChI=1S/C15H13Cl2FN2O/c1-9-8-11(18)3-2-10(9)6-7-19-15(21)12-4-5-13(16)20-14(12)17/h2-5,8H,6-7H2,1H3,(H,19,21). The first-order valence-corrected chi connectivity index (χ1v) is 7.08. The highest BCUT2D eigenvalue weighted by atomic mass is 35.5. The van der Waals surface area contributed by atoms with Gasteiger partial charge in [-0.2, -0.15) is 0 Å². The zero-order valence-electron chi connectivity index (χ0n) is 11.3. The van der Waals surface area contributed by atoms with Gasteiger partial charge in [0.05, 0.1) is 5.56 Å². The number of hydrogen-bond donors (Lipinski definition) is 1. The monoisotopic (exact) mass is 326 g/mol. The van der Waals surface area contributed by atoms with Gasteiger partial charge in [0.1, 0.15) is 16.1 Å². The number of nitrogens with zero attached hydrogens (tertiary/aromatic N) is 1. The summed E-state index contributed by atoms with van der Waals surface area (Å²) in [7, 11) is 0. The molecule has 0 radical (unpaired) electrons. The Kier molecular flexibility index (Phi) is 5.15. The van der Waals surface area contributed by atoms with E-state index < -0.39 is 0 Å². The second-order valence-corrected chi connectivity index (χ2v) is 5.29. The van der Waals surface area contributed by atoms with Crippen molar-refractivity contribution in [3.05, 3.63) is 63.1 Å². The molecule has 1 amide bonds. The second-order valence-electron chi connectivity index (χ2n) is 4.55. The van der Waals surface area contributed by atoms with Crippen LogP contribution < -0.4 is 5.32 Å². The van der Waals surface area contributed by atoms with E-state index in [1.165, 1.54) is 24.3 Å². The Morgan fingerprint density at radius 2 is 2.05 bits per heavy atom. The zero-order valence-corrected chi connectivity index (χ0v) is 12.8. The van der Waals surface area contributed by atoms with E-state index in [1.54, 1.807) is 6.07 Å². The van der Waals surface area contributed by atoms with Crippen LogP contribution in [0.2, 0.25) is 10.3 Å². The van der Waals surface area contributed by atoms with E-state index in [-0.39, 0.29) is 27.6 Å². The summed E-state index contributed by atoms with van der Waals surface area (Å²) in [4.78, 5) is 15.8. The van der Waals surface area contributed by atoms with E-state index in [2.05, 4.69) is 10.3 Å². The van der Waals surface area contributed by atoms with Gasteiger partial charge in [-0.05, 0) is 48.7 Å². The van der Waals surface area contributed by atoms with Gasteiger partial charge in [-0.25, -0.2) is 9.37 Å². The molecule has 2 rings (SSSR count). The van der Waals surface area contributed by atoms with Crippen LogP contribution in [-0.4, -0.2) is 17.4 Å². The van der Waals surface area contributed by atoms with Crippen molar-refractivity contribution in [2.45, 2.75) is 13.3 Å². The van der Waals surface area contributed by atoms with Gasteiger partial charge in [-0.1, -0.05) is 29.3 Å². The highest BCUT2D eigenvalue weighted by Crippen LogP contribution is 2.16. The molecular weight excluding hydrogens is 314 g/mol. The fraction of sp³-hybridized carbons (Fsp3) is 0.200. The molecule has 0 aliphatic heterocycles. The number of benzene rings is 1. The van der Waals surface area contributed by atoms with Crippen LogP contribution in [0, 0.1) is 12.7 Å². The lowest BCUT2D eigenvalue weighted by Crippen LogP contribution is -2.26. The number of aryl methyl sites for hydroxylation is 1. The van der Waals surface area contributed by atoms with Crippen molar-refractivity contribution < 1.29 is 9.18 Å². The first-order chi connectivity index (χ1) is 9.97. The normalized spacial score (nSPS) is 10.5. The molecular formula is C15H13Cl2FN2O. The first-order valence-electron chi connectivity index (χ1n) is 6.32. The lowest BCUT2D eigenvalue weighted by Gasteiger charge is -2.08. The Labute approximate surface area is 132 Å². The third-order valence-electron chi connectivity index (χ3n) is 3.04. The SMILES string of the molecule is Cc1cc(F)ccc1CCNC(=O)c1ccc(Cl)nc1Cl. The van der Waals surface area contributed by atoms with Crippen LogP contribution in [-0.2, 0) is 6.42 Å². The molecule has 0 aliphatic carbocycles. The van der Waals surface area contributed by atoms with Crippen LogP contribution in [0.15, 0.2) is 30.3 Å². The van der Waals surface area contributed by atoms with Gasteiger partial charge in [0.15, 0.2) is 0 Å². The number of carbonyl (C=O) groups excluding carboxylic acids is 1. The van der Waals surface area contributed by atoms with Crippen molar-refractivity contribution >= 4 is 29.1 Å². The van der Waals surface area contributed by atoms with Gasteiger partial charge >= 0.3 is 0 Å². The fourth-order valence-corrected chi connectivity index (χ4v) is 2.36. The van der Waals surface area contributed by atoms with Gasteiger partial charge < -0.3 is 5.32 Å². The van der Waals surface area contributed by atoms with Crippen LogP contribution in [0.3, 0.4) is 0 Å². The summed E-state index contributed by atoms with van der Waals surface area (Å²) in [6, 6.07) is 7.62. The molecule has 1 aromatic heterocycles. The predicted molar refractivity (Wildman–Crippen MR) is 81.4 cm³/mol. The van der Waals surface area contributed by atoms with Crippen LogP contribution in [0.1, 0.15) is 21.5 Å². The van der Waals surface area contributed by atoms with E-state index in [1.807, 2.05) is 6.92 Å². The summed E-state index contributed by atoms with van der Waals surface area (Å²) in [5.74, 6) is -0.580. The number of halogens is 3. The number of rotatable bonds is 4. The minimum atomic E-state index is -0.316. The summed E-state index contributed by atoms with van der Waals surface area (Å²) in [5.41, 5.74) is 2.12. The molecule has 1 heterocycles. The molecule has 6 heteroatoms. The third kappa shape index (κ3) is 4.16. The highest BCUT2D eigenvalue weighted by molar-refractivity contribution is 6.34. The van der Waals surface area contributed by atoms with Crippen molar-refractivity contribution in [3.63, 3.8) is 0 Å². The predicted octanol–water partition coefficient (Wildman–Crippen LogP) is 3.81. The summed E-state index contributed by atoms with van der Waals surface area (Å²) < 4.78 is 13.0. The average molecular weight is 327 g/mol. The molecule has 1 aromatic carbocycles. The molecule has 0 unspecified atom stereocenters. The Morgan fingerprint density at radius 3 is 2.71 bits per heavy atom. The largest absolute Gasteiger partial charge is 0.352 e. The van der Waals surface area contributed by atoms with Crippen LogP contribution in [0.4, 0.5) is 4.39 Å². The summed E-state index contributed by atoms with van der Waals surface area (Å²) in [6.07, 6.45) is 0.608. The molecule has 0 bridgehead atoms. The van der Waals surface area contributed by atoms with E-state index in [9.17, 15) is 9.18 Å².